The smallest absolute Gasteiger partial charge is 0.276 e. The van der Waals surface area contributed by atoms with E-state index in [1.807, 2.05) is 42.5 Å². The Bertz CT molecular complexity index is 1790. The average molecular weight is 522 g/mol. The number of aromatic hydroxyl groups is 1. The van der Waals surface area contributed by atoms with Crippen LogP contribution in [0.2, 0.25) is 0 Å². The summed E-state index contributed by atoms with van der Waals surface area (Å²) in [6.07, 6.45) is 1.50. The Labute approximate surface area is 219 Å². The van der Waals surface area contributed by atoms with Gasteiger partial charge in [0.1, 0.15) is 12.0 Å². The Morgan fingerprint density at radius 2 is 1.79 bits per heavy atom. The normalized spacial score (nSPS) is 11.5. The second-order valence-electron chi connectivity index (χ2n) is 8.32. The molecule has 0 radical (unpaired) electrons. The van der Waals surface area contributed by atoms with Crippen molar-refractivity contribution >= 4 is 55.6 Å². The molecule has 0 spiro atoms. The van der Waals surface area contributed by atoms with Crippen LogP contribution in [0.5, 0.6) is 5.75 Å². The standard InChI is InChI=1S/C27H19N7O3S/c35-14-16-9-11-18(12-10-16)29-25(37)20-13-17-5-1-2-6-19(17)23(24(20)36)31-33-26-32-28-15-34(26)27-30-21-7-3-4-8-22(21)38-27/h1-13,15,35-36H,14H2,(H,29,37). The summed E-state index contributed by atoms with van der Waals surface area (Å²) >= 11 is 1.46. The SMILES string of the molecule is O=C(Nc1ccc(CO)cc1)c1cc2ccccc2c(N=Nc2nncn2-c2nc3ccccc3s2)c1O. The zero-order chi connectivity index (χ0) is 26.1. The Morgan fingerprint density at radius 1 is 1.00 bits per heavy atom. The molecule has 3 N–H and O–H groups in total. The number of rotatable bonds is 6. The molecule has 0 saturated carbocycles. The predicted molar refractivity (Wildman–Crippen MR) is 145 cm³/mol. The number of para-hydroxylation sites is 1. The fraction of sp³-hybridized carbons (Fsp3) is 0.0370. The van der Waals surface area contributed by atoms with Gasteiger partial charge in [-0.3, -0.25) is 4.79 Å². The number of anilines is 1. The molecule has 0 bridgehead atoms. The Kier molecular flexibility index (Phi) is 6.04. The second-order valence-corrected chi connectivity index (χ2v) is 9.33. The van der Waals surface area contributed by atoms with Crippen molar-refractivity contribution in [2.45, 2.75) is 6.61 Å². The van der Waals surface area contributed by atoms with Gasteiger partial charge in [0.15, 0.2) is 10.9 Å². The maximum atomic E-state index is 13.1. The van der Waals surface area contributed by atoms with Crippen LogP contribution in [0.4, 0.5) is 17.3 Å². The van der Waals surface area contributed by atoms with Crippen molar-refractivity contribution in [2.24, 2.45) is 10.2 Å². The van der Waals surface area contributed by atoms with Crippen molar-refractivity contribution < 1.29 is 15.0 Å². The van der Waals surface area contributed by atoms with Gasteiger partial charge in [-0.15, -0.1) is 20.4 Å². The maximum absolute atomic E-state index is 13.1. The summed E-state index contributed by atoms with van der Waals surface area (Å²) in [7, 11) is 0. The van der Waals surface area contributed by atoms with Crippen molar-refractivity contribution in [1.29, 1.82) is 0 Å². The molecule has 2 heterocycles. The number of amides is 1. The number of aliphatic hydroxyl groups is 1. The van der Waals surface area contributed by atoms with Crippen LogP contribution in [0, 0.1) is 0 Å². The summed E-state index contributed by atoms with van der Waals surface area (Å²) in [5.74, 6) is -0.659. The molecule has 10 nitrogen and oxygen atoms in total. The highest BCUT2D eigenvalue weighted by Gasteiger charge is 2.19. The third kappa shape index (κ3) is 4.36. The first kappa shape index (κ1) is 23.4. The van der Waals surface area contributed by atoms with Crippen LogP contribution in [0.15, 0.2) is 95.4 Å². The van der Waals surface area contributed by atoms with Crippen LogP contribution in [-0.4, -0.2) is 35.9 Å². The first-order chi connectivity index (χ1) is 18.6. The van der Waals surface area contributed by atoms with E-state index in [1.54, 1.807) is 41.0 Å². The number of benzene rings is 4. The van der Waals surface area contributed by atoms with E-state index in [2.05, 4.69) is 30.7 Å². The van der Waals surface area contributed by atoms with Crippen molar-refractivity contribution in [3.63, 3.8) is 0 Å². The Balaban J connectivity index is 1.37. The number of hydrogen-bond acceptors (Lipinski definition) is 9. The molecular formula is C27H19N7O3S. The number of thiazole rings is 1. The van der Waals surface area contributed by atoms with Crippen molar-refractivity contribution in [2.75, 3.05) is 5.32 Å². The molecule has 38 heavy (non-hydrogen) atoms. The number of phenols is 1. The van der Waals surface area contributed by atoms with Gasteiger partial charge in [0.2, 0.25) is 0 Å². The number of aromatic nitrogens is 4. The molecule has 0 atom stereocenters. The van der Waals surface area contributed by atoms with Crippen molar-refractivity contribution in [3.8, 4) is 10.9 Å². The summed E-state index contributed by atoms with van der Waals surface area (Å²) in [5, 5.41) is 41.7. The number of aliphatic hydroxyl groups excluding tert-OH is 1. The lowest BCUT2D eigenvalue weighted by Crippen LogP contribution is -2.12. The van der Waals surface area contributed by atoms with E-state index in [9.17, 15) is 15.0 Å². The van der Waals surface area contributed by atoms with E-state index in [4.69, 9.17) is 0 Å². The molecule has 6 aromatic rings. The molecule has 4 aromatic carbocycles. The summed E-state index contributed by atoms with van der Waals surface area (Å²) in [5.41, 5.74) is 2.25. The van der Waals surface area contributed by atoms with Gasteiger partial charge in [-0.05, 0) is 41.3 Å². The van der Waals surface area contributed by atoms with Crippen LogP contribution in [0.3, 0.4) is 0 Å². The molecule has 11 heteroatoms. The minimum atomic E-state index is -0.515. The van der Waals surface area contributed by atoms with E-state index in [0.29, 0.717) is 21.6 Å². The molecule has 0 unspecified atom stereocenters. The van der Waals surface area contributed by atoms with E-state index in [1.165, 1.54) is 17.7 Å². The van der Waals surface area contributed by atoms with Crippen LogP contribution in [-0.2, 0) is 6.61 Å². The number of phenolic OH excluding ortho intramolecular Hbond substituents is 1. The number of carbonyl (C=O) groups excluding carboxylic acids is 1. The fourth-order valence-corrected chi connectivity index (χ4v) is 4.91. The van der Waals surface area contributed by atoms with Crippen molar-refractivity contribution in [1.82, 2.24) is 19.7 Å². The van der Waals surface area contributed by atoms with Gasteiger partial charge in [0.05, 0.1) is 22.4 Å². The quantitative estimate of drug-likeness (QED) is 0.234. The minimum absolute atomic E-state index is 0.0384. The lowest BCUT2D eigenvalue weighted by Gasteiger charge is -2.11. The third-order valence-corrected chi connectivity index (χ3v) is 6.93. The average Bonchev–Trinajstić information content (AvgIpc) is 3.59. The molecule has 0 aliphatic heterocycles. The monoisotopic (exact) mass is 521 g/mol. The van der Waals surface area contributed by atoms with E-state index in [0.717, 1.165) is 15.8 Å². The number of nitrogens with zero attached hydrogens (tertiary/aromatic N) is 6. The lowest BCUT2D eigenvalue weighted by atomic mass is 10.0. The Morgan fingerprint density at radius 3 is 2.61 bits per heavy atom. The summed E-state index contributed by atoms with van der Waals surface area (Å²) in [6, 6.07) is 23.4. The first-order valence-corrected chi connectivity index (χ1v) is 12.4. The van der Waals surface area contributed by atoms with E-state index >= 15 is 0 Å². The highest BCUT2D eigenvalue weighted by molar-refractivity contribution is 7.20. The molecule has 1 amide bonds. The highest BCUT2D eigenvalue weighted by atomic mass is 32.1. The molecule has 6 rings (SSSR count). The second kappa shape index (κ2) is 9.81. The van der Waals surface area contributed by atoms with Gasteiger partial charge < -0.3 is 15.5 Å². The van der Waals surface area contributed by atoms with Gasteiger partial charge >= 0.3 is 0 Å². The van der Waals surface area contributed by atoms with Crippen molar-refractivity contribution in [3.05, 3.63) is 96.3 Å². The highest BCUT2D eigenvalue weighted by Crippen LogP contribution is 2.39. The number of hydrogen-bond donors (Lipinski definition) is 3. The van der Waals surface area contributed by atoms with Gasteiger partial charge in [-0.2, -0.15) is 0 Å². The summed E-state index contributed by atoms with van der Waals surface area (Å²) < 4.78 is 2.62. The largest absolute Gasteiger partial charge is 0.505 e. The number of azo groups is 1. The minimum Gasteiger partial charge on any atom is -0.505 e. The number of fused-ring (bicyclic) bond motifs is 2. The lowest BCUT2D eigenvalue weighted by molar-refractivity contribution is 0.102. The predicted octanol–water partition coefficient (Wildman–Crippen LogP) is 5.90. The third-order valence-electron chi connectivity index (χ3n) is 5.89. The molecule has 186 valence electrons. The van der Waals surface area contributed by atoms with Gasteiger partial charge in [0.25, 0.3) is 11.9 Å². The van der Waals surface area contributed by atoms with Crippen LogP contribution >= 0.6 is 11.3 Å². The zero-order valence-electron chi connectivity index (χ0n) is 19.7. The Hall–Kier alpha value is -5.00. The molecule has 0 fully saturated rings. The topological polar surface area (TPSA) is 138 Å². The molecule has 0 saturated heterocycles. The van der Waals surface area contributed by atoms with E-state index < -0.39 is 5.91 Å². The maximum Gasteiger partial charge on any atom is 0.276 e. The zero-order valence-corrected chi connectivity index (χ0v) is 20.5. The van der Waals surface area contributed by atoms with Gasteiger partial charge in [0, 0.05) is 11.1 Å². The van der Waals surface area contributed by atoms with Gasteiger partial charge in [-0.1, -0.05) is 59.9 Å². The summed E-state index contributed by atoms with van der Waals surface area (Å²) in [6.45, 7) is -0.0964. The van der Waals surface area contributed by atoms with E-state index in [-0.39, 0.29) is 29.6 Å². The molecule has 0 aliphatic rings. The number of carbonyl (C=O) groups is 1. The fourth-order valence-electron chi connectivity index (χ4n) is 3.97. The molecular weight excluding hydrogens is 502 g/mol. The number of nitrogens with one attached hydrogen (secondary N) is 1. The molecule has 0 aliphatic carbocycles. The van der Waals surface area contributed by atoms with Gasteiger partial charge in [-0.25, -0.2) is 9.55 Å². The first-order valence-electron chi connectivity index (χ1n) is 11.5. The molecule has 2 aromatic heterocycles. The van der Waals surface area contributed by atoms with Crippen LogP contribution in [0.25, 0.3) is 26.1 Å². The summed E-state index contributed by atoms with van der Waals surface area (Å²) in [4.78, 5) is 17.7. The van der Waals surface area contributed by atoms with Crippen LogP contribution < -0.4 is 5.32 Å². The van der Waals surface area contributed by atoms with Crippen LogP contribution in [0.1, 0.15) is 15.9 Å².